The van der Waals surface area contributed by atoms with Crippen molar-refractivity contribution in [3.8, 4) is 5.75 Å². The van der Waals surface area contributed by atoms with Crippen LogP contribution >= 0.6 is 0 Å². The van der Waals surface area contributed by atoms with E-state index in [1.54, 1.807) is 27.1 Å². The third-order valence-corrected chi connectivity index (χ3v) is 10.6. The predicted molar refractivity (Wildman–Crippen MR) is 149 cm³/mol. The Bertz CT molecular complexity index is 1350. The van der Waals surface area contributed by atoms with E-state index in [0.29, 0.717) is 24.1 Å². The number of amides is 1. The summed E-state index contributed by atoms with van der Waals surface area (Å²) in [6, 6.07) is 2.41. The molecule has 0 spiro atoms. The van der Waals surface area contributed by atoms with Crippen molar-refractivity contribution >= 4 is 29.0 Å². The van der Waals surface area contributed by atoms with E-state index in [1.165, 1.54) is 17.9 Å². The maximum Gasteiger partial charge on any atom is 0.235 e. The molecular formula is C31H41N3O7. The number of aliphatic hydroxyl groups is 1. The summed E-state index contributed by atoms with van der Waals surface area (Å²) in [5.41, 5.74) is 1.44. The highest BCUT2D eigenvalue weighted by Crippen LogP contribution is 2.61. The standard InChI is InChI=1S/C31H41N3O7/c1-15-6-9-17(10-7-15)33-13-16-8-11-19(35)20-18(16)12-29(2)14-30(3)25(34(4)5)24(37)21(28(32)40)26(38)31(30,41)27(39)22(29)23(20)36/h8,11,15,17,21-22,25,33,35,41H,6-7,9-10,12-14H2,1-5H3,(H2,32,40)/t15?,17?,21?,22?,25-,29+,30+,31-/m1/s1. The van der Waals surface area contributed by atoms with E-state index < -0.39 is 63.3 Å². The van der Waals surface area contributed by atoms with Gasteiger partial charge in [-0.1, -0.05) is 26.8 Å². The number of nitrogens with two attached hydrogens (primary N) is 1. The molecule has 41 heavy (non-hydrogen) atoms. The van der Waals surface area contributed by atoms with Crippen molar-refractivity contribution in [2.75, 3.05) is 14.1 Å². The van der Waals surface area contributed by atoms with E-state index in [0.717, 1.165) is 31.2 Å². The molecule has 1 aromatic rings. The summed E-state index contributed by atoms with van der Waals surface area (Å²) in [7, 11) is 3.16. The number of phenols is 1. The third kappa shape index (κ3) is 4.12. The van der Waals surface area contributed by atoms with Crippen LogP contribution in [-0.4, -0.2) is 75.9 Å². The number of primary amides is 1. The summed E-state index contributed by atoms with van der Waals surface area (Å²) >= 11 is 0. The molecular weight excluding hydrogens is 526 g/mol. The molecule has 1 aromatic carbocycles. The molecule has 4 aliphatic rings. The number of Topliss-reactive ketones (excluding diaryl/α,β-unsaturated/α-hetero) is 4. The number of hydrogen-bond donors (Lipinski definition) is 4. The van der Waals surface area contributed by atoms with Gasteiger partial charge in [0.25, 0.3) is 0 Å². The number of nitrogens with zero attached hydrogens (tertiary/aromatic N) is 1. The lowest BCUT2D eigenvalue weighted by Gasteiger charge is -2.61. The molecule has 6 atom stereocenters. The lowest BCUT2D eigenvalue weighted by Crippen LogP contribution is -2.79. The smallest absolute Gasteiger partial charge is 0.235 e. The Balaban J connectivity index is 1.59. The second-order valence-corrected chi connectivity index (χ2v) is 13.7. The molecule has 0 bridgehead atoms. The van der Waals surface area contributed by atoms with Crippen LogP contribution < -0.4 is 11.1 Å². The second-order valence-electron chi connectivity index (χ2n) is 13.7. The first kappa shape index (κ1) is 29.5. The van der Waals surface area contributed by atoms with E-state index >= 15 is 0 Å². The summed E-state index contributed by atoms with van der Waals surface area (Å²) in [5.74, 6) is -8.00. The molecule has 1 amide bonds. The fraction of sp³-hybridized carbons (Fsp3) is 0.645. The van der Waals surface area contributed by atoms with Gasteiger partial charge >= 0.3 is 0 Å². The molecule has 5 N–H and O–H groups in total. The summed E-state index contributed by atoms with van der Waals surface area (Å²) < 4.78 is 0. The highest BCUT2D eigenvalue weighted by atomic mass is 16.3. The number of fused-ring (bicyclic) bond motifs is 3. The van der Waals surface area contributed by atoms with E-state index in [2.05, 4.69) is 12.2 Å². The lowest BCUT2D eigenvalue weighted by molar-refractivity contribution is -0.203. The Morgan fingerprint density at radius 1 is 1.07 bits per heavy atom. The van der Waals surface area contributed by atoms with Gasteiger partial charge in [0, 0.05) is 18.0 Å². The largest absolute Gasteiger partial charge is 0.507 e. The highest BCUT2D eigenvalue weighted by molar-refractivity contribution is 6.33. The van der Waals surface area contributed by atoms with Crippen molar-refractivity contribution in [1.29, 1.82) is 0 Å². The molecule has 0 aromatic heterocycles. The number of carbonyl (C=O) groups is 5. The van der Waals surface area contributed by atoms with Gasteiger partial charge in [0.05, 0.1) is 17.5 Å². The van der Waals surface area contributed by atoms with Crippen LogP contribution in [0.1, 0.15) is 74.4 Å². The first-order chi connectivity index (χ1) is 19.1. The Morgan fingerprint density at radius 2 is 1.71 bits per heavy atom. The molecule has 2 unspecified atom stereocenters. The van der Waals surface area contributed by atoms with Crippen LogP contribution in [-0.2, 0) is 32.1 Å². The summed E-state index contributed by atoms with van der Waals surface area (Å²) in [5, 5.41) is 26.5. The van der Waals surface area contributed by atoms with Gasteiger partial charge in [-0.2, -0.15) is 0 Å². The molecule has 0 saturated heterocycles. The Morgan fingerprint density at radius 3 is 2.29 bits per heavy atom. The Labute approximate surface area is 240 Å². The van der Waals surface area contributed by atoms with E-state index in [4.69, 9.17) is 5.73 Å². The van der Waals surface area contributed by atoms with Crippen LogP contribution in [0.25, 0.3) is 0 Å². The quantitative estimate of drug-likeness (QED) is 0.384. The van der Waals surface area contributed by atoms with Gasteiger partial charge in [-0.25, -0.2) is 0 Å². The normalized spacial score (nSPS) is 38.9. The maximum absolute atomic E-state index is 14.3. The van der Waals surface area contributed by atoms with Crippen molar-refractivity contribution in [2.45, 2.75) is 83.5 Å². The molecule has 3 fully saturated rings. The van der Waals surface area contributed by atoms with Crippen LogP contribution in [0.4, 0.5) is 0 Å². The summed E-state index contributed by atoms with van der Waals surface area (Å²) in [4.78, 5) is 69.3. The average Bonchev–Trinajstić information content (AvgIpc) is 2.86. The first-order valence-corrected chi connectivity index (χ1v) is 14.5. The molecule has 0 radical (unpaired) electrons. The molecule has 10 heteroatoms. The Kier molecular flexibility index (Phi) is 7.07. The number of likely N-dealkylation sites (N-methyl/N-ethyl adjacent to an activating group) is 1. The number of nitrogens with one attached hydrogen (secondary N) is 1. The molecule has 3 saturated carbocycles. The van der Waals surface area contributed by atoms with Crippen LogP contribution in [0, 0.1) is 28.6 Å². The molecule has 0 heterocycles. The van der Waals surface area contributed by atoms with Gasteiger partial charge in [0.2, 0.25) is 5.91 Å². The zero-order chi connectivity index (χ0) is 30.2. The highest BCUT2D eigenvalue weighted by Gasteiger charge is 2.76. The predicted octanol–water partition coefficient (Wildman–Crippen LogP) is 1.32. The maximum atomic E-state index is 14.3. The van der Waals surface area contributed by atoms with Gasteiger partial charge in [0.15, 0.2) is 34.7 Å². The molecule has 5 rings (SSSR count). The van der Waals surface area contributed by atoms with Gasteiger partial charge < -0.3 is 21.3 Å². The fourth-order valence-corrected chi connectivity index (χ4v) is 8.66. The van der Waals surface area contributed by atoms with Crippen molar-refractivity contribution < 1.29 is 34.2 Å². The number of ketones is 4. The number of aromatic hydroxyl groups is 1. The number of hydrogen-bond acceptors (Lipinski definition) is 9. The van der Waals surface area contributed by atoms with Crippen molar-refractivity contribution in [2.24, 2.45) is 34.3 Å². The molecule has 10 nitrogen and oxygen atoms in total. The number of rotatable bonds is 5. The zero-order valence-corrected chi connectivity index (χ0v) is 24.5. The van der Waals surface area contributed by atoms with Gasteiger partial charge in [-0.15, -0.1) is 0 Å². The second kappa shape index (κ2) is 9.81. The third-order valence-electron chi connectivity index (χ3n) is 10.6. The summed E-state index contributed by atoms with van der Waals surface area (Å²) in [6.45, 7) is 6.03. The summed E-state index contributed by atoms with van der Waals surface area (Å²) in [6.07, 6.45) is 4.62. The van der Waals surface area contributed by atoms with Crippen molar-refractivity contribution in [3.63, 3.8) is 0 Å². The van der Waals surface area contributed by atoms with E-state index in [1.807, 2.05) is 0 Å². The van der Waals surface area contributed by atoms with Crippen LogP contribution in [0.5, 0.6) is 5.75 Å². The zero-order valence-electron chi connectivity index (χ0n) is 24.5. The van der Waals surface area contributed by atoms with Gasteiger partial charge in [0.1, 0.15) is 5.75 Å². The number of benzene rings is 1. The SMILES string of the molecule is CC1CCC(NCc2ccc(O)c3c2C[C@@]2(C)C[C@@]4(C)[C@H](N(C)C)C(=O)C(C(N)=O)C(=O)[C@@]4(O)C(=O)C2C3=O)CC1. The minimum absolute atomic E-state index is 0.0209. The van der Waals surface area contributed by atoms with Crippen molar-refractivity contribution in [1.82, 2.24) is 10.2 Å². The van der Waals surface area contributed by atoms with E-state index in [9.17, 15) is 34.2 Å². The van der Waals surface area contributed by atoms with E-state index in [-0.39, 0.29) is 24.2 Å². The molecule has 222 valence electrons. The van der Waals surface area contributed by atoms with Crippen molar-refractivity contribution in [3.05, 3.63) is 28.8 Å². The van der Waals surface area contributed by atoms with Crippen LogP contribution in [0.3, 0.4) is 0 Å². The lowest BCUT2D eigenvalue weighted by atomic mass is 9.42. The fourth-order valence-electron chi connectivity index (χ4n) is 8.66. The topological polar surface area (TPSA) is 167 Å². The van der Waals surface area contributed by atoms with Crippen LogP contribution in [0.15, 0.2) is 12.1 Å². The Hall–Kier alpha value is -2.95. The van der Waals surface area contributed by atoms with Gasteiger partial charge in [-0.05, 0) is 81.1 Å². The van der Waals surface area contributed by atoms with Gasteiger partial charge in [-0.3, -0.25) is 28.9 Å². The molecule has 4 aliphatic carbocycles. The number of phenolic OH excluding ortho intramolecular Hbond substituents is 1. The molecule has 0 aliphatic heterocycles. The average molecular weight is 568 g/mol. The minimum Gasteiger partial charge on any atom is -0.507 e. The minimum atomic E-state index is -2.79. The first-order valence-electron chi connectivity index (χ1n) is 14.5. The monoisotopic (exact) mass is 567 g/mol. The number of carbonyl (C=O) groups excluding carboxylic acids is 5. The van der Waals surface area contributed by atoms with Crippen LogP contribution in [0.2, 0.25) is 0 Å².